The fourth-order valence-electron chi connectivity index (χ4n) is 8.58. The third kappa shape index (κ3) is 5.89. The smallest absolute Gasteiger partial charge is 0.194 e. The zero-order valence-corrected chi connectivity index (χ0v) is 31.2. The summed E-state index contributed by atoms with van der Waals surface area (Å²) in [6, 6.07) is 67.9. The number of hydrogen-bond acceptors (Lipinski definition) is 0. The molecular formula is C54H34F3N. The molecule has 0 fully saturated rings. The van der Waals surface area contributed by atoms with E-state index in [4.69, 9.17) is 0 Å². The number of halogens is 3. The van der Waals surface area contributed by atoms with Crippen LogP contribution < -0.4 is 0 Å². The van der Waals surface area contributed by atoms with Crippen LogP contribution in [0.25, 0.3) is 94.3 Å². The van der Waals surface area contributed by atoms with Gasteiger partial charge in [0.05, 0.1) is 11.0 Å². The number of para-hydroxylation sites is 2. The first-order valence-corrected chi connectivity index (χ1v) is 19.3. The number of fused-ring (bicyclic) bond motifs is 3. The van der Waals surface area contributed by atoms with Gasteiger partial charge in [-0.1, -0.05) is 170 Å². The monoisotopic (exact) mass is 753 g/mol. The molecule has 58 heavy (non-hydrogen) atoms. The van der Waals surface area contributed by atoms with Gasteiger partial charge in [0.1, 0.15) is 0 Å². The Morgan fingerprint density at radius 1 is 0.276 bits per heavy atom. The average molecular weight is 754 g/mol. The van der Waals surface area contributed by atoms with E-state index >= 15 is 8.78 Å². The molecule has 10 rings (SSSR count). The normalized spacial score (nSPS) is 11.4. The molecule has 0 radical (unpaired) electrons. The molecule has 9 aromatic carbocycles. The molecule has 0 saturated carbocycles. The van der Waals surface area contributed by atoms with Crippen molar-refractivity contribution in [3.63, 3.8) is 0 Å². The van der Waals surface area contributed by atoms with Crippen molar-refractivity contribution in [2.75, 3.05) is 0 Å². The Hall–Kier alpha value is -7.43. The van der Waals surface area contributed by atoms with E-state index in [1.165, 1.54) is 0 Å². The van der Waals surface area contributed by atoms with Crippen LogP contribution in [0.3, 0.4) is 0 Å². The van der Waals surface area contributed by atoms with Crippen LogP contribution in [-0.4, -0.2) is 4.57 Å². The summed E-state index contributed by atoms with van der Waals surface area (Å²) in [5.41, 5.74) is 12.7. The van der Waals surface area contributed by atoms with Crippen molar-refractivity contribution in [2.24, 2.45) is 0 Å². The van der Waals surface area contributed by atoms with Crippen LogP contribution in [0, 0.1) is 17.5 Å². The summed E-state index contributed by atoms with van der Waals surface area (Å²) in [7, 11) is 0. The maximum atomic E-state index is 15.6. The lowest BCUT2D eigenvalue weighted by atomic mass is 9.74. The molecule has 0 aliphatic carbocycles. The Labute approximate surface area is 334 Å². The highest BCUT2D eigenvalue weighted by molar-refractivity contribution is 6.15. The molecule has 1 heterocycles. The van der Waals surface area contributed by atoms with E-state index in [-0.39, 0.29) is 5.56 Å². The van der Waals surface area contributed by atoms with Gasteiger partial charge in [0.2, 0.25) is 0 Å². The number of rotatable bonds is 7. The predicted molar refractivity (Wildman–Crippen MR) is 233 cm³/mol. The first-order chi connectivity index (χ1) is 28.6. The van der Waals surface area contributed by atoms with Gasteiger partial charge >= 0.3 is 0 Å². The topological polar surface area (TPSA) is 4.93 Å². The summed E-state index contributed by atoms with van der Waals surface area (Å²) in [5, 5.41) is 2.32. The van der Waals surface area contributed by atoms with Crippen molar-refractivity contribution in [3.8, 4) is 72.4 Å². The van der Waals surface area contributed by atoms with Gasteiger partial charge in [0, 0.05) is 16.5 Å². The quantitative estimate of drug-likeness (QED) is 0.143. The predicted octanol–water partition coefficient (Wildman–Crippen LogP) is 15.2. The van der Waals surface area contributed by atoms with Crippen molar-refractivity contribution in [3.05, 3.63) is 224 Å². The van der Waals surface area contributed by atoms with Gasteiger partial charge in [-0.3, -0.25) is 0 Å². The van der Waals surface area contributed by atoms with Crippen molar-refractivity contribution in [1.29, 1.82) is 0 Å². The maximum Gasteiger partial charge on any atom is 0.194 e. The van der Waals surface area contributed by atoms with E-state index in [2.05, 4.69) is 114 Å². The number of benzene rings is 9. The van der Waals surface area contributed by atoms with Crippen molar-refractivity contribution >= 4 is 21.8 Å². The minimum Gasteiger partial charge on any atom is -0.309 e. The number of nitrogens with zero attached hydrogens (tertiary/aromatic N) is 1. The Balaban J connectivity index is 1.40. The molecule has 0 atom stereocenters. The lowest BCUT2D eigenvalue weighted by Crippen LogP contribution is -2.03. The molecule has 10 aromatic rings. The molecule has 0 spiro atoms. The zero-order valence-electron chi connectivity index (χ0n) is 31.2. The lowest BCUT2D eigenvalue weighted by Gasteiger charge is -2.29. The highest BCUT2D eigenvalue weighted by atomic mass is 19.2. The van der Waals surface area contributed by atoms with E-state index in [1.54, 1.807) is 0 Å². The molecular weight excluding hydrogens is 720 g/mol. The average Bonchev–Trinajstić information content (AvgIpc) is 3.62. The third-order valence-electron chi connectivity index (χ3n) is 11.0. The number of aromatic nitrogens is 1. The molecule has 0 saturated heterocycles. The summed E-state index contributed by atoms with van der Waals surface area (Å²) in [5.74, 6) is -4.01. The Morgan fingerprint density at radius 2 is 0.569 bits per heavy atom. The standard InChI is InChI=1S/C54H34F3N/c55-44-33-40(34-45(56)54(44)57)53-51(38-23-11-4-12-24-38)49(36-19-7-2-8-20-36)48(35-17-5-1-6-18-35)50(37-21-9-3-10-22-37)52(53)39-29-31-41(32-30-39)58-46-27-15-13-25-42(46)43-26-14-16-28-47(43)58/h1-34H. The molecule has 0 bridgehead atoms. The van der Waals surface area contributed by atoms with Crippen LogP contribution in [-0.2, 0) is 0 Å². The van der Waals surface area contributed by atoms with E-state index in [9.17, 15) is 4.39 Å². The van der Waals surface area contributed by atoms with E-state index in [1.807, 2.05) is 84.9 Å². The van der Waals surface area contributed by atoms with Gasteiger partial charge in [-0.15, -0.1) is 0 Å². The second-order valence-corrected chi connectivity index (χ2v) is 14.4. The highest BCUT2D eigenvalue weighted by Gasteiger charge is 2.30. The van der Waals surface area contributed by atoms with Crippen LogP contribution in [0.5, 0.6) is 0 Å². The molecule has 0 aliphatic rings. The maximum absolute atomic E-state index is 15.6. The summed E-state index contributed by atoms with van der Waals surface area (Å²) < 4.78 is 48.4. The first-order valence-electron chi connectivity index (χ1n) is 19.3. The van der Waals surface area contributed by atoms with Gasteiger partial charge in [-0.2, -0.15) is 0 Å². The van der Waals surface area contributed by atoms with Crippen LogP contribution in [0.2, 0.25) is 0 Å². The number of hydrogen-bond donors (Lipinski definition) is 0. The second kappa shape index (κ2) is 14.6. The van der Waals surface area contributed by atoms with Gasteiger partial charge in [0.15, 0.2) is 17.5 Å². The van der Waals surface area contributed by atoms with Crippen LogP contribution in [0.4, 0.5) is 13.2 Å². The highest BCUT2D eigenvalue weighted by Crippen LogP contribution is 2.56. The van der Waals surface area contributed by atoms with Crippen LogP contribution in [0.15, 0.2) is 206 Å². The zero-order chi connectivity index (χ0) is 39.2. The Bertz CT molecular complexity index is 3020. The molecule has 0 aliphatic heterocycles. The third-order valence-corrected chi connectivity index (χ3v) is 11.0. The Kier molecular flexibility index (Phi) is 8.80. The van der Waals surface area contributed by atoms with Crippen molar-refractivity contribution in [1.82, 2.24) is 4.57 Å². The SMILES string of the molecule is Fc1cc(-c2c(-c3ccccc3)c(-c3ccccc3)c(-c3ccccc3)c(-c3ccccc3)c2-c2ccc(-n3c4ccccc4c4ccccc43)cc2)cc(F)c1F. The summed E-state index contributed by atoms with van der Waals surface area (Å²) in [6.45, 7) is 0. The van der Waals surface area contributed by atoms with Crippen molar-refractivity contribution in [2.45, 2.75) is 0 Å². The molecule has 276 valence electrons. The van der Waals surface area contributed by atoms with Gasteiger partial charge < -0.3 is 4.57 Å². The summed E-state index contributed by atoms with van der Waals surface area (Å²) in [4.78, 5) is 0. The minimum atomic E-state index is -1.51. The van der Waals surface area contributed by atoms with Gasteiger partial charge in [0.25, 0.3) is 0 Å². The largest absolute Gasteiger partial charge is 0.309 e. The molecule has 1 nitrogen and oxygen atoms in total. The minimum absolute atomic E-state index is 0.228. The van der Waals surface area contributed by atoms with Gasteiger partial charge in [-0.25, -0.2) is 13.2 Å². The summed E-state index contributed by atoms with van der Waals surface area (Å²) in [6.07, 6.45) is 0. The molecule has 4 heteroatoms. The summed E-state index contributed by atoms with van der Waals surface area (Å²) >= 11 is 0. The molecule has 0 N–H and O–H groups in total. The van der Waals surface area contributed by atoms with Crippen molar-refractivity contribution < 1.29 is 13.2 Å². The Morgan fingerprint density at radius 3 is 0.931 bits per heavy atom. The van der Waals surface area contributed by atoms with Crippen LogP contribution in [0.1, 0.15) is 0 Å². The molecule has 0 unspecified atom stereocenters. The fraction of sp³-hybridized carbons (Fsp3) is 0. The van der Waals surface area contributed by atoms with E-state index in [0.29, 0.717) is 5.56 Å². The molecule has 0 amide bonds. The fourth-order valence-corrected chi connectivity index (χ4v) is 8.58. The van der Waals surface area contributed by atoms with E-state index in [0.717, 1.165) is 95.3 Å². The lowest BCUT2D eigenvalue weighted by molar-refractivity contribution is 0.448. The van der Waals surface area contributed by atoms with E-state index < -0.39 is 17.5 Å². The van der Waals surface area contributed by atoms with Gasteiger partial charge in [-0.05, 0) is 103 Å². The van der Waals surface area contributed by atoms with Crippen LogP contribution >= 0.6 is 0 Å². The molecule has 1 aromatic heterocycles. The second-order valence-electron chi connectivity index (χ2n) is 14.4. The first kappa shape index (κ1) is 35.0.